The molecule has 5 aliphatic heterocycles. The summed E-state index contributed by atoms with van der Waals surface area (Å²) in [6, 6.07) is 61.2. The molecule has 0 amide bonds. The molecule has 0 radical (unpaired) electrons. The van der Waals surface area contributed by atoms with Gasteiger partial charge in [0.1, 0.15) is 17.6 Å². The number of nitrogens with zero attached hydrogens (tertiary/aromatic N) is 1. The molecular formula is C82H87N3O9S. The lowest BCUT2D eigenvalue weighted by atomic mass is 9.64. The Morgan fingerprint density at radius 1 is 0.779 bits per heavy atom. The minimum Gasteiger partial charge on any atom is -0.508 e. The van der Waals surface area contributed by atoms with Crippen LogP contribution in [0.15, 0.2) is 199 Å². The quantitative estimate of drug-likeness (QED) is 0.0179. The number of aromatic hydroxyl groups is 1. The van der Waals surface area contributed by atoms with Crippen LogP contribution in [0.2, 0.25) is 0 Å². The van der Waals surface area contributed by atoms with Gasteiger partial charge in [0.15, 0.2) is 5.96 Å². The number of fused-ring (bicyclic) bond motifs is 10. The summed E-state index contributed by atoms with van der Waals surface area (Å²) in [6.07, 6.45) is 8.39. The maximum atomic E-state index is 14.6. The van der Waals surface area contributed by atoms with Crippen molar-refractivity contribution in [3.8, 4) is 23.3 Å². The lowest BCUT2D eigenvalue weighted by molar-refractivity contribution is -0.0834. The molecule has 8 aromatic rings. The Hall–Kier alpha value is -8.06. The van der Waals surface area contributed by atoms with Gasteiger partial charge in [0, 0.05) is 48.5 Å². The summed E-state index contributed by atoms with van der Waals surface area (Å²) in [5, 5.41) is 48.9. The van der Waals surface area contributed by atoms with Crippen LogP contribution in [0, 0.1) is 41.4 Å². The number of aryl methyl sites for hydroxylation is 1. The summed E-state index contributed by atoms with van der Waals surface area (Å²) >= 11 is 0. The van der Waals surface area contributed by atoms with Crippen LogP contribution >= 0.6 is 0 Å². The molecule has 0 spiro atoms. The number of aliphatic imine (C=N–C) groups is 1. The van der Waals surface area contributed by atoms with Gasteiger partial charge in [-0.15, -0.1) is 0 Å². The monoisotopic (exact) mass is 1290 g/mol. The summed E-state index contributed by atoms with van der Waals surface area (Å²) in [6.45, 7) is 2.09. The van der Waals surface area contributed by atoms with Crippen LogP contribution in [0.1, 0.15) is 174 Å². The van der Waals surface area contributed by atoms with Crippen LogP contribution in [0.5, 0.6) is 11.5 Å². The van der Waals surface area contributed by atoms with Crippen molar-refractivity contribution < 1.29 is 42.9 Å². The number of hydrogen-bond donors (Lipinski definition) is 7. The predicted octanol–water partition coefficient (Wildman–Crippen LogP) is 14.5. The largest absolute Gasteiger partial charge is 0.508 e. The predicted molar refractivity (Wildman–Crippen MR) is 373 cm³/mol. The minimum absolute atomic E-state index is 0.0407. The SMILES string of the molecule is CC1CCc2cc3ccc2C1CC(S(=O)(=O)O)C1C=C2CC(CC4CC(CO)CC#Cc5cc(O)ccc5C2O4)C1c1ccc(cc1)C(CC(Cc1ccccc1)C1(O)CCCC(c2ccc(C(O)Cc4cccc5ccccc45)c(Cc4ccccc4)c2)C1)(N=C(N)N)O3. The van der Waals surface area contributed by atoms with E-state index in [4.69, 9.17) is 25.9 Å². The van der Waals surface area contributed by atoms with Crippen molar-refractivity contribution in [3.63, 3.8) is 0 Å². The standard InChI is InChI=1S/C82H87N3O9S/c1-51-24-25-60-43-68-32-35-71(60)74(51)47-77(95(90,91)92)75-45-64-41-63(44-69-39-54(50-86)17-10-20-58-42-67(87)31-34-73(58)79(64)93-69)78(75)56-26-29-65(30-27-56)82(94-68,85-80(83)84)49-66(38-53-15-6-3-7-16-53)81(89)36-12-22-61(48-81)57-28-33-72(62(40-57)37-52-13-4-2-5-14-52)76(88)46-59-21-11-19-55-18-8-9-23-70(55)59/h2-9,11,13-16,18-19,21,23,26-35,40,42-43,45,51,54,61,63,66,69,74-79,86-89H,12,17,22,24-25,36-39,41,44,46-50H2,1H3,(H4,83,84,85)(H,90,91,92). The molecular weight excluding hydrogens is 1200 g/mol. The first-order chi connectivity index (χ1) is 46.0. The van der Waals surface area contributed by atoms with E-state index in [0.717, 1.165) is 91.2 Å². The molecule has 12 nitrogen and oxygen atoms in total. The summed E-state index contributed by atoms with van der Waals surface area (Å²) in [7, 11) is -4.73. The molecule has 1 saturated carbocycles. The lowest BCUT2D eigenvalue weighted by Gasteiger charge is -2.46. The molecule has 16 rings (SSSR count). The maximum Gasteiger partial charge on any atom is 0.268 e. The topological polar surface area (TPSA) is 218 Å². The van der Waals surface area contributed by atoms with Gasteiger partial charge in [-0.25, -0.2) is 4.99 Å². The van der Waals surface area contributed by atoms with E-state index in [1.165, 1.54) is 0 Å². The van der Waals surface area contributed by atoms with Crippen molar-refractivity contribution in [1.29, 1.82) is 0 Å². The number of nitrogens with two attached hydrogens (primary N) is 2. The molecule has 5 heterocycles. The van der Waals surface area contributed by atoms with E-state index in [2.05, 4.69) is 134 Å². The molecule has 95 heavy (non-hydrogen) atoms. The first kappa shape index (κ1) is 64.3. The van der Waals surface area contributed by atoms with Gasteiger partial charge in [-0.05, 0) is 209 Å². The van der Waals surface area contributed by atoms with E-state index in [1.54, 1.807) is 12.1 Å². The Bertz CT molecular complexity index is 4350. The average molecular weight is 1290 g/mol. The van der Waals surface area contributed by atoms with E-state index in [0.29, 0.717) is 81.1 Å². The summed E-state index contributed by atoms with van der Waals surface area (Å²) < 4.78 is 55.8. The number of guanidine groups is 1. The molecule has 9 N–H and O–H groups in total. The Balaban J connectivity index is 0.878. The van der Waals surface area contributed by atoms with Crippen LogP contribution in [-0.4, -0.2) is 62.9 Å². The first-order valence-corrected chi connectivity index (χ1v) is 35.8. The summed E-state index contributed by atoms with van der Waals surface area (Å²) in [5.74, 6) is 4.78. The first-order valence-electron chi connectivity index (χ1n) is 34.3. The molecule has 10 bridgehead atoms. The van der Waals surface area contributed by atoms with Crippen LogP contribution in [0.25, 0.3) is 10.8 Å². The van der Waals surface area contributed by atoms with Gasteiger partial charge in [0.05, 0.1) is 23.1 Å². The van der Waals surface area contributed by atoms with Crippen LogP contribution < -0.4 is 16.2 Å². The normalized spacial score (nSPS) is 27.7. The Kier molecular flexibility index (Phi) is 18.2. The van der Waals surface area contributed by atoms with Crippen molar-refractivity contribution in [3.05, 3.63) is 260 Å². The zero-order valence-corrected chi connectivity index (χ0v) is 54.8. The van der Waals surface area contributed by atoms with Gasteiger partial charge in [-0.3, -0.25) is 4.55 Å². The Morgan fingerprint density at radius 3 is 2.31 bits per heavy atom. The number of ether oxygens (including phenoxy) is 2. The summed E-state index contributed by atoms with van der Waals surface area (Å²) in [5.41, 5.74) is 22.7. The van der Waals surface area contributed by atoms with Gasteiger partial charge < -0.3 is 41.4 Å². The zero-order valence-electron chi connectivity index (χ0n) is 54.0. The molecule has 490 valence electrons. The second kappa shape index (κ2) is 26.9. The molecule has 3 aliphatic carbocycles. The number of hydrogen-bond acceptors (Lipinski definition) is 9. The average Bonchev–Trinajstić information content (AvgIpc) is 1.74. The number of benzene rings is 8. The second-order valence-electron chi connectivity index (χ2n) is 28.5. The molecule has 13 heteroatoms. The van der Waals surface area contributed by atoms with Gasteiger partial charge >= 0.3 is 0 Å². The maximum absolute atomic E-state index is 14.6. The highest BCUT2D eigenvalue weighted by atomic mass is 32.2. The van der Waals surface area contributed by atoms with Crippen molar-refractivity contribution in [2.75, 3.05) is 6.61 Å². The summed E-state index contributed by atoms with van der Waals surface area (Å²) in [4.78, 5) is 5.24. The fourth-order valence-corrected chi connectivity index (χ4v) is 18.9. The van der Waals surface area contributed by atoms with E-state index in [-0.39, 0.29) is 66.9 Å². The van der Waals surface area contributed by atoms with Gasteiger partial charge in [0.25, 0.3) is 10.1 Å². The van der Waals surface area contributed by atoms with Crippen molar-refractivity contribution in [2.24, 2.45) is 46.0 Å². The molecule has 14 atom stereocenters. The number of rotatable bonds is 14. The van der Waals surface area contributed by atoms with Crippen molar-refractivity contribution in [2.45, 2.75) is 156 Å². The van der Waals surface area contributed by atoms with Gasteiger partial charge in [0.2, 0.25) is 5.72 Å². The smallest absolute Gasteiger partial charge is 0.268 e. The third-order valence-electron chi connectivity index (χ3n) is 22.5. The lowest BCUT2D eigenvalue weighted by Crippen LogP contribution is -2.48. The number of phenols is 1. The Morgan fingerprint density at radius 2 is 1.53 bits per heavy atom. The van der Waals surface area contributed by atoms with Crippen molar-refractivity contribution in [1.82, 2.24) is 0 Å². The minimum atomic E-state index is -4.73. The third-order valence-corrected chi connectivity index (χ3v) is 23.7. The third kappa shape index (κ3) is 13.5. The van der Waals surface area contributed by atoms with Crippen molar-refractivity contribution >= 4 is 26.9 Å². The molecule has 14 unspecified atom stereocenters. The fourth-order valence-electron chi connectivity index (χ4n) is 17.8. The molecule has 0 aromatic heterocycles. The molecule has 8 aromatic carbocycles. The van der Waals surface area contributed by atoms with Gasteiger partial charge in [-0.2, -0.15) is 8.42 Å². The van der Waals surface area contributed by atoms with Crippen LogP contribution in [0.3, 0.4) is 0 Å². The van der Waals surface area contributed by atoms with E-state index >= 15 is 0 Å². The highest BCUT2D eigenvalue weighted by Crippen LogP contribution is 2.56. The van der Waals surface area contributed by atoms with Crippen LogP contribution in [0.4, 0.5) is 0 Å². The highest BCUT2D eigenvalue weighted by molar-refractivity contribution is 7.86. The number of aliphatic hydroxyl groups is 3. The highest BCUT2D eigenvalue weighted by Gasteiger charge is 2.51. The van der Waals surface area contributed by atoms with E-state index in [1.807, 2.05) is 60.7 Å². The number of phenolic OH excluding ortho intramolecular Hbond substituents is 1. The molecule has 1 saturated heterocycles. The second-order valence-corrected chi connectivity index (χ2v) is 30.2. The number of aliphatic hydroxyl groups excluding tert-OH is 2. The van der Waals surface area contributed by atoms with Crippen LogP contribution in [-0.2, 0) is 46.3 Å². The zero-order chi connectivity index (χ0) is 65.6. The Labute approximate surface area is 558 Å². The van der Waals surface area contributed by atoms with Gasteiger partial charge in [-0.1, -0.05) is 183 Å². The molecule has 2 fully saturated rings. The van der Waals surface area contributed by atoms with E-state index < -0.39 is 56.7 Å². The van der Waals surface area contributed by atoms with E-state index in [9.17, 15) is 33.4 Å². The fraction of sp³-hybridized carbons (Fsp3) is 0.378. The molecule has 8 aliphatic rings. The number of allylic oxidation sites excluding steroid dienone is 1.